The van der Waals surface area contributed by atoms with Crippen LogP contribution >= 0.6 is 0 Å². The van der Waals surface area contributed by atoms with Crippen LogP contribution in [0.25, 0.3) is 0 Å². The highest BCUT2D eigenvalue weighted by atomic mass is 16.3. The highest BCUT2D eigenvalue weighted by molar-refractivity contribution is 5.01. The van der Waals surface area contributed by atoms with Gasteiger partial charge in [0.2, 0.25) is 0 Å². The third-order valence-electron chi connectivity index (χ3n) is 3.79. The Hall–Kier alpha value is -0.120. The fourth-order valence-corrected chi connectivity index (χ4v) is 2.70. The van der Waals surface area contributed by atoms with Gasteiger partial charge in [-0.25, -0.2) is 0 Å². The minimum Gasteiger partial charge on any atom is -0.396 e. The van der Waals surface area contributed by atoms with Crippen molar-refractivity contribution in [3.63, 3.8) is 0 Å². The van der Waals surface area contributed by atoms with Crippen LogP contribution in [0.5, 0.6) is 0 Å². The second kappa shape index (κ2) is 4.81. The van der Waals surface area contributed by atoms with Gasteiger partial charge in [0.15, 0.2) is 0 Å². The molecule has 1 saturated carbocycles. The van der Waals surface area contributed by atoms with E-state index in [2.05, 4.69) is 17.1 Å². The van der Waals surface area contributed by atoms with Crippen LogP contribution < -0.4 is 5.32 Å². The zero-order valence-electron chi connectivity index (χ0n) is 9.84. The van der Waals surface area contributed by atoms with E-state index in [0.29, 0.717) is 6.61 Å². The van der Waals surface area contributed by atoms with Crippen LogP contribution in [-0.4, -0.2) is 47.8 Å². The van der Waals surface area contributed by atoms with E-state index in [1.54, 1.807) is 0 Å². The molecule has 2 N–H and O–H groups in total. The molecule has 0 amide bonds. The van der Waals surface area contributed by atoms with Crippen LogP contribution in [0.4, 0.5) is 0 Å². The molecule has 0 aromatic rings. The van der Waals surface area contributed by atoms with Crippen molar-refractivity contribution < 1.29 is 5.11 Å². The summed E-state index contributed by atoms with van der Waals surface area (Å²) in [5.41, 5.74) is 0.216. The lowest BCUT2D eigenvalue weighted by atomic mass is 9.94. The molecule has 0 aromatic carbocycles. The van der Waals surface area contributed by atoms with Gasteiger partial charge in [0, 0.05) is 31.3 Å². The van der Waals surface area contributed by atoms with E-state index in [0.717, 1.165) is 25.6 Å². The topological polar surface area (TPSA) is 35.5 Å². The van der Waals surface area contributed by atoms with Crippen LogP contribution in [0.3, 0.4) is 0 Å². The van der Waals surface area contributed by atoms with E-state index < -0.39 is 0 Å². The Morgan fingerprint density at radius 3 is 2.87 bits per heavy atom. The van der Waals surface area contributed by atoms with Gasteiger partial charge in [-0.05, 0) is 38.6 Å². The molecule has 1 aliphatic heterocycles. The molecule has 3 heteroatoms. The smallest absolute Gasteiger partial charge is 0.0449 e. The third-order valence-corrected chi connectivity index (χ3v) is 3.79. The summed E-state index contributed by atoms with van der Waals surface area (Å²) in [5, 5.41) is 12.8. The maximum absolute atomic E-state index is 9.17. The molecule has 1 atom stereocenters. The molecule has 0 radical (unpaired) electrons. The van der Waals surface area contributed by atoms with Crippen molar-refractivity contribution in [2.45, 2.75) is 50.6 Å². The average Bonchev–Trinajstić information content (AvgIpc) is 3.00. The Labute approximate surface area is 92.8 Å². The van der Waals surface area contributed by atoms with E-state index >= 15 is 0 Å². The van der Waals surface area contributed by atoms with Crippen molar-refractivity contribution >= 4 is 0 Å². The molecular weight excluding hydrogens is 188 g/mol. The summed E-state index contributed by atoms with van der Waals surface area (Å²) in [5.74, 6) is 0. The van der Waals surface area contributed by atoms with Gasteiger partial charge >= 0.3 is 0 Å². The molecule has 1 aliphatic carbocycles. The van der Waals surface area contributed by atoms with Crippen molar-refractivity contribution in [3.8, 4) is 0 Å². The van der Waals surface area contributed by atoms with Crippen LogP contribution in [0, 0.1) is 0 Å². The van der Waals surface area contributed by atoms with Crippen LogP contribution in [0.1, 0.15) is 39.0 Å². The summed E-state index contributed by atoms with van der Waals surface area (Å²) in [6, 6.07) is 0.869. The summed E-state index contributed by atoms with van der Waals surface area (Å²) in [6.07, 6.45) is 6.09. The molecule has 3 nitrogen and oxygen atoms in total. The maximum Gasteiger partial charge on any atom is 0.0449 e. The predicted molar refractivity (Wildman–Crippen MR) is 61.9 cm³/mol. The third kappa shape index (κ3) is 2.71. The summed E-state index contributed by atoms with van der Waals surface area (Å²) in [7, 11) is 0. The van der Waals surface area contributed by atoms with Gasteiger partial charge in [0.1, 0.15) is 0 Å². The Bertz CT molecular complexity index is 206. The zero-order valence-corrected chi connectivity index (χ0v) is 9.84. The number of rotatable bonds is 6. The first-order valence-corrected chi connectivity index (χ1v) is 6.39. The molecule has 1 heterocycles. The lowest BCUT2D eigenvalue weighted by Gasteiger charge is -2.30. The summed E-state index contributed by atoms with van der Waals surface area (Å²) < 4.78 is 0. The number of hydrogen-bond acceptors (Lipinski definition) is 3. The minimum atomic E-state index is 0.216. The van der Waals surface area contributed by atoms with Gasteiger partial charge in [-0.15, -0.1) is 0 Å². The first-order chi connectivity index (χ1) is 7.29. The number of aliphatic hydroxyl groups excluding tert-OH is 1. The van der Waals surface area contributed by atoms with Crippen molar-refractivity contribution in [2.24, 2.45) is 0 Å². The standard InChI is InChI=1S/C12H24N2O/c1-2-7-13-12(6-9-15)5-8-14(10-12)11-3-4-11/h11,13,15H,2-10H2,1H3. The van der Waals surface area contributed by atoms with Gasteiger partial charge in [-0.1, -0.05) is 6.92 Å². The van der Waals surface area contributed by atoms with Gasteiger partial charge in [0.05, 0.1) is 0 Å². The van der Waals surface area contributed by atoms with Gasteiger partial charge in [-0.2, -0.15) is 0 Å². The molecule has 0 aromatic heterocycles. The Balaban J connectivity index is 1.88. The summed E-state index contributed by atoms with van der Waals surface area (Å²) in [4.78, 5) is 2.61. The quantitative estimate of drug-likeness (QED) is 0.689. The second-order valence-corrected chi connectivity index (χ2v) is 5.13. The first kappa shape index (κ1) is 11.4. The Morgan fingerprint density at radius 1 is 1.47 bits per heavy atom. The van der Waals surface area contributed by atoms with E-state index in [9.17, 15) is 5.11 Å². The van der Waals surface area contributed by atoms with Crippen LogP contribution in [0.2, 0.25) is 0 Å². The fourth-order valence-electron chi connectivity index (χ4n) is 2.70. The van der Waals surface area contributed by atoms with Crippen molar-refractivity contribution in [1.29, 1.82) is 0 Å². The first-order valence-electron chi connectivity index (χ1n) is 6.39. The van der Waals surface area contributed by atoms with E-state index in [4.69, 9.17) is 0 Å². The highest BCUT2D eigenvalue weighted by Gasteiger charge is 2.42. The van der Waals surface area contributed by atoms with E-state index in [1.807, 2.05) is 0 Å². The molecular formula is C12H24N2O. The number of likely N-dealkylation sites (tertiary alicyclic amines) is 1. The van der Waals surface area contributed by atoms with Gasteiger partial charge in [0.25, 0.3) is 0 Å². The molecule has 1 saturated heterocycles. The molecule has 0 bridgehead atoms. The summed E-state index contributed by atoms with van der Waals surface area (Å²) >= 11 is 0. The fraction of sp³-hybridized carbons (Fsp3) is 1.00. The average molecular weight is 212 g/mol. The van der Waals surface area contributed by atoms with E-state index in [-0.39, 0.29) is 5.54 Å². The lowest BCUT2D eigenvalue weighted by molar-refractivity contribution is 0.202. The molecule has 1 unspecified atom stereocenters. The normalized spacial score (nSPS) is 32.4. The van der Waals surface area contributed by atoms with Crippen LogP contribution in [-0.2, 0) is 0 Å². The molecule has 0 spiro atoms. The molecule has 2 fully saturated rings. The lowest BCUT2D eigenvalue weighted by Crippen LogP contribution is -2.48. The van der Waals surface area contributed by atoms with Crippen molar-refractivity contribution in [3.05, 3.63) is 0 Å². The monoisotopic (exact) mass is 212 g/mol. The minimum absolute atomic E-state index is 0.216. The number of hydrogen-bond donors (Lipinski definition) is 2. The van der Waals surface area contributed by atoms with Crippen molar-refractivity contribution in [1.82, 2.24) is 10.2 Å². The molecule has 88 valence electrons. The second-order valence-electron chi connectivity index (χ2n) is 5.13. The Kier molecular flexibility index (Phi) is 3.65. The number of nitrogens with one attached hydrogen (secondary N) is 1. The molecule has 15 heavy (non-hydrogen) atoms. The SMILES string of the molecule is CCCNC1(CCO)CCN(C2CC2)C1. The predicted octanol–water partition coefficient (Wildman–Crippen LogP) is 0.975. The maximum atomic E-state index is 9.17. The Morgan fingerprint density at radius 2 is 2.27 bits per heavy atom. The zero-order chi connectivity index (χ0) is 10.7. The van der Waals surface area contributed by atoms with Crippen molar-refractivity contribution in [2.75, 3.05) is 26.2 Å². The summed E-state index contributed by atoms with van der Waals surface area (Å²) in [6.45, 7) is 5.97. The molecule has 2 rings (SSSR count). The van der Waals surface area contributed by atoms with Gasteiger partial charge in [-0.3, -0.25) is 4.90 Å². The molecule has 2 aliphatic rings. The number of nitrogens with zero attached hydrogens (tertiary/aromatic N) is 1. The highest BCUT2D eigenvalue weighted by Crippen LogP contribution is 2.34. The number of aliphatic hydroxyl groups is 1. The van der Waals surface area contributed by atoms with E-state index in [1.165, 1.54) is 32.2 Å². The largest absolute Gasteiger partial charge is 0.396 e. The van der Waals surface area contributed by atoms with Gasteiger partial charge < -0.3 is 10.4 Å². The van der Waals surface area contributed by atoms with Crippen LogP contribution in [0.15, 0.2) is 0 Å².